The van der Waals surface area contributed by atoms with Crippen LogP contribution in [-0.2, 0) is 4.79 Å². The van der Waals surface area contributed by atoms with Crippen molar-refractivity contribution in [3.63, 3.8) is 0 Å². The van der Waals surface area contributed by atoms with E-state index in [9.17, 15) is 9.59 Å². The van der Waals surface area contributed by atoms with Gasteiger partial charge in [-0.05, 0) is 23.6 Å². The number of hydrogen-bond acceptors (Lipinski definition) is 5. The number of aromatic nitrogens is 1. The zero-order chi connectivity index (χ0) is 14.1. The van der Waals surface area contributed by atoms with Gasteiger partial charge in [0.2, 0.25) is 6.79 Å². The molecule has 1 amide bonds. The average molecular weight is 274 g/mol. The van der Waals surface area contributed by atoms with E-state index in [0.717, 1.165) is 5.39 Å². The van der Waals surface area contributed by atoms with Crippen molar-refractivity contribution in [1.82, 2.24) is 10.3 Å². The Morgan fingerprint density at radius 3 is 2.80 bits per heavy atom. The Morgan fingerprint density at radius 1 is 1.30 bits per heavy atom. The summed E-state index contributed by atoms with van der Waals surface area (Å²) in [5, 5.41) is 12.2. The smallest absolute Gasteiger partial charge is 0.322 e. The van der Waals surface area contributed by atoms with E-state index < -0.39 is 18.4 Å². The molecule has 0 spiro atoms. The summed E-state index contributed by atoms with van der Waals surface area (Å²) in [6.45, 7) is -0.318. The normalized spacial score (nSPS) is 12.4. The molecule has 0 saturated carbocycles. The molecule has 0 atom stereocenters. The monoisotopic (exact) mass is 274 g/mol. The molecule has 0 saturated heterocycles. The molecular weight excluding hydrogens is 264 g/mol. The molecule has 7 heteroatoms. The molecule has 0 bridgehead atoms. The average Bonchev–Trinajstić information content (AvgIpc) is 2.88. The third-order valence-corrected chi connectivity index (χ3v) is 2.87. The van der Waals surface area contributed by atoms with Crippen molar-refractivity contribution in [2.75, 3.05) is 13.3 Å². The minimum Gasteiger partial charge on any atom is -0.480 e. The van der Waals surface area contributed by atoms with Crippen LogP contribution in [0, 0.1) is 0 Å². The second-order valence-corrected chi connectivity index (χ2v) is 4.16. The summed E-state index contributed by atoms with van der Waals surface area (Å²) in [4.78, 5) is 26.4. The highest BCUT2D eigenvalue weighted by atomic mass is 16.7. The topological polar surface area (TPSA) is 97.8 Å². The van der Waals surface area contributed by atoms with E-state index in [1.807, 2.05) is 0 Å². The standard InChI is InChI=1S/C13H10N2O5/c16-11(17)5-15-13(18)12-8-4-10-9(19-6-20-10)3-7(8)1-2-14-12/h1-4H,5-6H2,(H,15,18)(H,16,17). The van der Waals surface area contributed by atoms with Crippen LogP contribution in [0.5, 0.6) is 11.5 Å². The lowest BCUT2D eigenvalue weighted by Crippen LogP contribution is -2.30. The van der Waals surface area contributed by atoms with Crippen molar-refractivity contribution >= 4 is 22.6 Å². The largest absolute Gasteiger partial charge is 0.480 e. The van der Waals surface area contributed by atoms with Crippen molar-refractivity contribution in [2.45, 2.75) is 0 Å². The second-order valence-electron chi connectivity index (χ2n) is 4.16. The summed E-state index contributed by atoms with van der Waals surface area (Å²) in [7, 11) is 0. The van der Waals surface area contributed by atoms with Crippen LogP contribution in [0.15, 0.2) is 24.4 Å². The van der Waals surface area contributed by atoms with Crippen LogP contribution in [0.4, 0.5) is 0 Å². The third kappa shape index (κ3) is 2.09. The fraction of sp³-hybridized carbons (Fsp3) is 0.154. The van der Waals surface area contributed by atoms with Crippen LogP contribution in [0.25, 0.3) is 10.8 Å². The zero-order valence-corrected chi connectivity index (χ0v) is 10.3. The van der Waals surface area contributed by atoms with E-state index in [1.54, 1.807) is 18.2 Å². The Bertz CT molecular complexity index is 713. The maximum Gasteiger partial charge on any atom is 0.322 e. The van der Waals surface area contributed by atoms with Gasteiger partial charge < -0.3 is 19.9 Å². The maximum absolute atomic E-state index is 12.0. The predicted octanol–water partition coefficient (Wildman–Crippen LogP) is 0.778. The van der Waals surface area contributed by atoms with E-state index in [4.69, 9.17) is 14.6 Å². The van der Waals surface area contributed by atoms with Crippen LogP contribution in [0.2, 0.25) is 0 Å². The SMILES string of the molecule is O=C(O)CNC(=O)c1nccc2cc3c(cc12)OCO3. The molecule has 0 unspecified atom stereocenters. The minimum atomic E-state index is -1.11. The minimum absolute atomic E-state index is 0.139. The molecule has 20 heavy (non-hydrogen) atoms. The van der Waals surface area contributed by atoms with Gasteiger partial charge in [-0.2, -0.15) is 0 Å². The number of nitrogens with zero attached hydrogens (tertiary/aromatic N) is 1. The molecule has 0 fully saturated rings. The number of amides is 1. The van der Waals surface area contributed by atoms with Gasteiger partial charge in [-0.1, -0.05) is 0 Å². The number of ether oxygens (including phenoxy) is 2. The van der Waals surface area contributed by atoms with Gasteiger partial charge in [0.1, 0.15) is 12.2 Å². The quantitative estimate of drug-likeness (QED) is 0.858. The molecule has 1 aliphatic rings. The van der Waals surface area contributed by atoms with Gasteiger partial charge in [-0.15, -0.1) is 0 Å². The molecule has 3 rings (SSSR count). The maximum atomic E-state index is 12.0. The van der Waals surface area contributed by atoms with E-state index in [1.165, 1.54) is 6.20 Å². The summed E-state index contributed by atoms with van der Waals surface area (Å²) >= 11 is 0. The van der Waals surface area contributed by atoms with E-state index >= 15 is 0 Å². The van der Waals surface area contributed by atoms with Gasteiger partial charge in [0.05, 0.1) is 0 Å². The first-order valence-corrected chi connectivity index (χ1v) is 5.83. The molecular formula is C13H10N2O5. The summed E-state index contributed by atoms with van der Waals surface area (Å²) < 4.78 is 10.5. The summed E-state index contributed by atoms with van der Waals surface area (Å²) in [6, 6.07) is 5.17. The van der Waals surface area contributed by atoms with Crippen LogP contribution in [0.3, 0.4) is 0 Å². The molecule has 0 radical (unpaired) electrons. The van der Waals surface area contributed by atoms with Gasteiger partial charge in [-0.25, -0.2) is 0 Å². The fourth-order valence-corrected chi connectivity index (χ4v) is 1.98. The molecule has 1 aromatic heterocycles. The lowest BCUT2D eigenvalue weighted by Gasteiger charge is -2.06. The van der Waals surface area contributed by atoms with Crippen molar-refractivity contribution in [2.24, 2.45) is 0 Å². The first-order chi connectivity index (χ1) is 9.65. The van der Waals surface area contributed by atoms with Gasteiger partial charge >= 0.3 is 5.97 Å². The molecule has 1 aliphatic heterocycles. The number of aliphatic carboxylic acids is 1. The third-order valence-electron chi connectivity index (χ3n) is 2.87. The van der Waals surface area contributed by atoms with Gasteiger partial charge in [0.15, 0.2) is 11.5 Å². The molecule has 1 aromatic carbocycles. The number of hydrogen-bond donors (Lipinski definition) is 2. The van der Waals surface area contributed by atoms with E-state index in [2.05, 4.69) is 10.3 Å². The fourth-order valence-electron chi connectivity index (χ4n) is 1.98. The molecule has 2 heterocycles. The molecule has 0 aliphatic carbocycles. The Hall–Kier alpha value is -2.83. The van der Waals surface area contributed by atoms with Crippen LogP contribution >= 0.6 is 0 Å². The Kier molecular flexibility index (Phi) is 2.86. The number of pyridine rings is 1. The molecule has 2 aromatic rings. The van der Waals surface area contributed by atoms with Crippen LogP contribution in [-0.4, -0.2) is 35.3 Å². The van der Waals surface area contributed by atoms with Crippen LogP contribution < -0.4 is 14.8 Å². The highest BCUT2D eigenvalue weighted by Crippen LogP contribution is 2.36. The van der Waals surface area contributed by atoms with Gasteiger partial charge in [-0.3, -0.25) is 14.6 Å². The summed E-state index contributed by atoms with van der Waals surface area (Å²) in [6.07, 6.45) is 1.49. The zero-order valence-electron chi connectivity index (χ0n) is 10.3. The summed E-state index contributed by atoms with van der Waals surface area (Å²) in [5.74, 6) is -0.508. The van der Waals surface area contributed by atoms with Gasteiger partial charge in [0, 0.05) is 11.6 Å². The molecule has 7 nitrogen and oxygen atoms in total. The van der Waals surface area contributed by atoms with Crippen molar-refractivity contribution < 1.29 is 24.2 Å². The lowest BCUT2D eigenvalue weighted by atomic mass is 10.1. The number of benzene rings is 1. The lowest BCUT2D eigenvalue weighted by molar-refractivity contribution is -0.135. The number of nitrogens with one attached hydrogen (secondary N) is 1. The van der Waals surface area contributed by atoms with Crippen molar-refractivity contribution in [1.29, 1.82) is 0 Å². The van der Waals surface area contributed by atoms with Crippen molar-refractivity contribution in [3.8, 4) is 11.5 Å². The first-order valence-electron chi connectivity index (χ1n) is 5.83. The predicted molar refractivity (Wildman–Crippen MR) is 67.8 cm³/mol. The van der Waals surface area contributed by atoms with Crippen LogP contribution in [0.1, 0.15) is 10.5 Å². The Balaban J connectivity index is 2.02. The Morgan fingerprint density at radius 2 is 2.05 bits per heavy atom. The highest BCUT2D eigenvalue weighted by molar-refractivity contribution is 6.06. The number of rotatable bonds is 3. The number of carbonyl (C=O) groups excluding carboxylic acids is 1. The molecule has 102 valence electrons. The molecule has 2 N–H and O–H groups in total. The van der Waals surface area contributed by atoms with Crippen molar-refractivity contribution in [3.05, 3.63) is 30.1 Å². The highest BCUT2D eigenvalue weighted by Gasteiger charge is 2.18. The number of carboxylic acid groups (broad SMARTS) is 1. The number of carboxylic acids is 1. The Labute approximate surface area is 113 Å². The number of fused-ring (bicyclic) bond motifs is 2. The first kappa shape index (κ1) is 12.2. The van der Waals surface area contributed by atoms with E-state index in [0.29, 0.717) is 16.9 Å². The second kappa shape index (κ2) is 4.69. The summed E-state index contributed by atoms with van der Waals surface area (Å²) in [5.41, 5.74) is 0.155. The number of carbonyl (C=O) groups is 2. The van der Waals surface area contributed by atoms with E-state index in [-0.39, 0.29) is 12.5 Å². The van der Waals surface area contributed by atoms with Gasteiger partial charge in [0.25, 0.3) is 5.91 Å².